The lowest BCUT2D eigenvalue weighted by Crippen LogP contribution is -2.23. The maximum absolute atomic E-state index is 11.8. The first-order chi connectivity index (χ1) is 11.8. The van der Waals surface area contributed by atoms with Crippen LogP contribution in [0.1, 0.15) is 5.56 Å². The Balaban J connectivity index is 1.79. The monoisotopic (exact) mass is 401 g/mol. The van der Waals surface area contributed by atoms with Gasteiger partial charge in [0.2, 0.25) is 0 Å². The molecule has 0 fully saturated rings. The summed E-state index contributed by atoms with van der Waals surface area (Å²) in [4.78, 5) is 23.5. The Labute approximate surface area is 159 Å². The van der Waals surface area contributed by atoms with Gasteiger partial charge in [0.15, 0.2) is 13.2 Å². The fourth-order valence-electron chi connectivity index (χ4n) is 1.88. The van der Waals surface area contributed by atoms with Crippen LogP contribution in [0.4, 0.5) is 5.69 Å². The quantitative estimate of drug-likeness (QED) is 0.722. The van der Waals surface area contributed by atoms with Gasteiger partial charge < -0.3 is 14.8 Å². The molecular formula is C17H14Cl3NO4. The highest BCUT2D eigenvalue weighted by atomic mass is 35.5. The lowest BCUT2D eigenvalue weighted by atomic mass is 10.2. The van der Waals surface area contributed by atoms with E-state index in [1.54, 1.807) is 37.3 Å². The zero-order valence-electron chi connectivity index (χ0n) is 13.1. The topological polar surface area (TPSA) is 64.6 Å². The summed E-state index contributed by atoms with van der Waals surface area (Å²) in [6.07, 6.45) is 0. The van der Waals surface area contributed by atoms with Gasteiger partial charge in [-0.25, -0.2) is 4.79 Å². The first kappa shape index (κ1) is 19.4. The normalized spacial score (nSPS) is 10.2. The first-order valence-electron chi connectivity index (χ1n) is 7.14. The number of carbonyl (C=O) groups is 2. The van der Waals surface area contributed by atoms with E-state index in [2.05, 4.69) is 5.32 Å². The Bertz CT molecular complexity index is 795. The number of rotatable bonds is 6. The molecule has 0 bridgehead atoms. The number of halogens is 3. The van der Waals surface area contributed by atoms with Crippen LogP contribution in [-0.4, -0.2) is 25.1 Å². The van der Waals surface area contributed by atoms with Crippen LogP contribution in [0.5, 0.6) is 5.75 Å². The predicted molar refractivity (Wildman–Crippen MR) is 97.7 cm³/mol. The Morgan fingerprint density at radius 1 is 1.00 bits per heavy atom. The van der Waals surface area contributed by atoms with Gasteiger partial charge in [0.25, 0.3) is 5.91 Å². The van der Waals surface area contributed by atoms with Crippen molar-refractivity contribution >= 4 is 52.4 Å². The summed E-state index contributed by atoms with van der Waals surface area (Å²) in [6.45, 7) is 1.01. The number of nitrogens with one attached hydrogen (secondary N) is 1. The highest BCUT2D eigenvalue weighted by molar-refractivity contribution is 6.35. The van der Waals surface area contributed by atoms with E-state index >= 15 is 0 Å². The third-order valence-corrected chi connectivity index (χ3v) is 3.85. The molecule has 0 aliphatic carbocycles. The Morgan fingerprint density at radius 3 is 2.40 bits per heavy atom. The van der Waals surface area contributed by atoms with Crippen molar-refractivity contribution in [2.24, 2.45) is 0 Å². The fraction of sp³-hybridized carbons (Fsp3) is 0.176. The first-order valence-corrected chi connectivity index (χ1v) is 8.28. The molecule has 2 aromatic carbocycles. The van der Waals surface area contributed by atoms with Crippen molar-refractivity contribution in [2.75, 3.05) is 18.5 Å². The SMILES string of the molecule is Cc1cc(Cl)ccc1OCC(=O)OCC(=O)Nc1cc(Cl)ccc1Cl. The van der Waals surface area contributed by atoms with Crippen molar-refractivity contribution in [3.8, 4) is 5.75 Å². The molecule has 8 heteroatoms. The molecule has 0 aliphatic heterocycles. The summed E-state index contributed by atoms with van der Waals surface area (Å²) in [5, 5.41) is 3.82. The predicted octanol–water partition coefficient (Wildman–Crippen LogP) is 4.52. The number of hydrogen-bond acceptors (Lipinski definition) is 4. The number of hydrogen-bond donors (Lipinski definition) is 1. The van der Waals surface area contributed by atoms with Gasteiger partial charge in [-0.3, -0.25) is 4.79 Å². The van der Waals surface area contributed by atoms with Gasteiger partial charge in [-0.05, 0) is 48.9 Å². The summed E-state index contributed by atoms with van der Waals surface area (Å²) in [6, 6.07) is 9.65. The highest BCUT2D eigenvalue weighted by Crippen LogP contribution is 2.25. The number of benzene rings is 2. The average molecular weight is 403 g/mol. The molecule has 0 atom stereocenters. The molecule has 2 rings (SSSR count). The molecule has 0 saturated heterocycles. The van der Waals surface area contributed by atoms with Crippen LogP contribution < -0.4 is 10.1 Å². The van der Waals surface area contributed by atoms with E-state index < -0.39 is 18.5 Å². The van der Waals surface area contributed by atoms with E-state index in [0.717, 1.165) is 5.56 Å². The van der Waals surface area contributed by atoms with Crippen LogP contribution in [0.2, 0.25) is 15.1 Å². The molecule has 0 heterocycles. The third-order valence-electron chi connectivity index (χ3n) is 3.05. The molecule has 0 spiro atoms. The van der Waals surface area contributed by atoms with Crippen LogP contribution in [0.15, 0.2) is 36.4 Å². The molecular weight excluding hydrogens is 389 g/mol. The van der Waals surface area contributed by atoms with Gasteiger partial charge in [-0.2, -0.15) is 0 Å². The summed E-state index contributed by atoms with van der Waals surface area (Å²) in [5.41, 5.74) is 1.12. The number of anilines is 1. The average Bonchev–Trinajstić information content (AvgIpc) is 2.55. The molecule has 1 amide bonds. The van der Waals surface area contributed by atoms with E-state index in [1.807, 2.05) is 0 Å². The molecule has 0 aromatic heterocycles. The molecule has 2 aromatic rings. The molecule has 25 heavy (non-hydrogen) atoms. The smallest absolute Gasteiger partial charge is 0.344 e. The zero-order valence-corrected chi connectivity index (χ0v) is 15.4. The third kappa shape index (κ3) is 6.12. The van der Waals surface area contributed by atoms with Crippen molar-refractivity contribution < 1.29 is 19.1 Å². The molecule has 1 N–H and O–H groups in total. The zero-order chi connectivity index (χ0) is 18.4. The van der Waals surface area contributed by atoms with Crippen molar-refractivity contribution in [1.82, 2.24) is 0 Å². The number of esters is 1. The minimum Gasteiger partial charge on any atom is -0.482 e. The van der Waals surface area contributed by atoms with E-state index in [4.69, 9.17) is 44.3 Å². The second kappa shape index (κ2) is 8.94. The van der Waals surface area contributed by atoms with Gasteiger partial charge in [0.05, 0.1) is 10.7 Å². The lowest BCUT2D eigenvalue weighted by molar-refractivity contribution is -0.149. The van der Waals surface area contributed by atoms with Crippen molar-refractivity contribution in [2.45, 2.75) is 6.92 Å². The standard InChI is InChI=1S/C17H14Cl3NO4/c1-10-6-11(18)3-5-15(10)24-9-17(23)25-8-16(22)21-14-7-12(19)2-4-13(14)20/h2-7H,8-9H2,1H3,(H,21,22). The van der Waals surface area contributed by atoms with E-state index in [1.165, 1.54) is 6.07 Å². The lowest BCUT2D eigenvalue weighted by Gasteiger charge is -2.10. The van der Waals surface area contributed by atoms with Gasteiger partial charge in [0, 0.05) is 10.0 Å². The largest absolute Gasteiger partial charge is 0.482 e. The summed E-state index contributed by atoms with van der Waals surface area (Å²) in [5.74, 6) is -0.710. The Morgan fingerprint density at radius 2 is 1.68 bits per heavy atom. The van der Waals surface area contributed by atoms with Crippen molar-refractivity contribution in [1.29, 1.82) is 0 Å². The maximum Gasteiger partial charge on any atom is 0.344 e. The van der Waals surface area contributed by atoms with Crippen LogP contribution in [0.3, 0.4) is 0 Å². The van der Waals surface area contributed by atoms with Crippen LogP contribution in [-0.2, 0) is 14.3 Å². The van der Waals surface area contributed by atoms with Crippen LogP contribution in [0, 0.1) is 6.92 Å². The van der Waals surface area contributed by atoms with Gasteiger partial charge in [0.1, 0.15) is 5.75 Å². The maximum atomic E-state index is 11.8. The van der Waals surface area contributed by atoms with Gasteiger partial charge >= 0.3 is 5.97 Å². The molecule has 0 radical (unpaired) electrons. The summed E-state index contributed by atoms with van der Waals surface area (Å²) in [7, 11) is 0. The molecule has 0 unspecified atom stereocenters. The second-order valence-electron chi connectivity index (χ2n) is 5.03. The molecule has 0 aliphatic rings. The van der Waals surface area contributed by atoms with E-state index in [-0.39, 0.29) is 6.61 Å². The van der Waals surface area contributed by atoms with Crippen LogP contribution >= 0.6 is 34.8 Å². The van der Waals surface area contributed by atoms with E-state index in [0.29, 0.717) is 26.5 Å². The fourth-order valence-corrected chi connectivity index (χ4v) is 2.44. The van der Waals surface area contributed by atoms with E-state index in [9.17, 15) is 9.59 Å². The van der Waals surface area contributed by atoms with Crippen LogP contribution in [0.25, 0.3) is 0 Å². The molecule has 5 nitrogen and oxygen atoms in total. The Hall–Kier alpha value is -1.95. The van der Waals surface area contributed by atoms with Crippen molar-refractivity contribution in [3.05, 3.63) is 57.0 Å². The Kier molecular flexibility index (Phi) is 6.93. The number of amides is 1. The number of carbonyl (C=O) groups excluding carboxylic acids is 2. The molecule has 132 valence electrons. The number of ether oxygens (including phenoxy) is 2. The van der Waals surface area contributed by atoms with Crippen molar-refractivity contribution in [3.63, 3.8) is 0 Å². The summed E-state index contributed by atoms with van der Waals surface area (Å²) >= 11 is 17.6. The van der Waals surface area contributed by atoms with Gasteiger partial charge in [-0.15, -0.1) is 0 Å². The highest BCUT2D eigenvalue weighted by Gasteiger charge is 2.11. The minimum atomic E-state index is -0.679. The summed E-state index contributed by atoms with van der Waals surface area (Å²) < 4.78 is 10.2. The van der Waals surface area contributed by atoms with Gasteiger partial charge in [-0.1, -0.05) is 34.8 Å². The second-order valence-corrected chi connectivity index (χ2v) is 6.31. The number of aryl methyl sites for hydroxylation is 1. The minimum absolute atomic E-state index is 0.325. The molecule has 0 saturated carbocycles.